The molecule has 0 saturated heterocycles. The van der Waals surface area contributed by atoms with Gasteiger partial charge in [-0.25, -0.2) is 0 Å². The van der Waals surface area contributed by atoms with E-state index < -0.39 is 0 Å². The van der Waals surface area contributed by atoms with Gasteiger partial charge in [-0.05, 0) is 43.9 Å². The van der Waals surface area contributed by atoms with Crippen molar-refractivity contribution in [2.24, 2.45) is 17.3 Å². The first-order chi connectivity index (χ1) is 6.13. The zero-order chi connectivity index (χ0) is 9.90. The Morgan fingerprint density at radius 2 is 1.92 bits per heavy atom. The summed E-state index contributed by atoms with van der Waals surface area (Å²) in [7, 11) is 0. The molecule has 1 heteroatoms. The van der Waals surface area contributed by atoms with E-state index in [0.29, 0.717) is 0 Å². The summed E-state index contributed by atoms with van der Waals surface area (Å²) < 4.78 is 0. The second kappa shape index (κ2) is 4.26. The van der Waals surface area contributed by atoms with Crippen molar-refractivity contribution in [3.05, 3.63) is 0 Å². The van der Waals surface area contributed by atoms with Crippen molar-refractivity contribution in [3.63, 3.8) is 0 Å². The van der Waals surface area contributed by atoms with Gasteiger partial charge in [0.1, 0.15) is 6.29 Å². The normalized spacial score (nSPS) is 34.9. The minimum Gasteiger partial charge on any atom is -0.303 e. The Hall–Kier alpha value is -0.330. The highest BCUT2D eigenvalue weighted by Gasteiger charge is 2.34. The Kier molecular flexibility index (Phi) is 3.52. The molecule has 1 rings (SSSR count). The first kappa shape index (κ1) is 10.7. The highest BCUT2D eigenvalue weighted by molar-refractivity contribution is 5.59. The van der Waals surface area contributed by atoms with E-state index in [1.807, 2.05) is 0 Å². The fraction of sp³-hybridized carbons (Fsp3) is 0.917. The number of hydrogen-bond acceptors (Lipinski definition) is 1. The Balaban J connectivity index is 2.50. The second-order valence-corrected chi connectivity index (χ2v) is 4.92. The average molecular weight is 182 g/mol. The van der Waals surface area contributed by atoms with Crippen LogP contribution in [0, 0.1) is 17.3 Å². The molecule has 0 aliphatic heterocycles. The van der Waals surface area contributed by atoms with Crippen molar-refractivity contribution in [1.82, 2.24) is 0 Å². The molecule has 1 saturated carbocycles. The molecule has 13 heavy (non-hydrogen) atoms. The van der Waals surface area contributed by atoms with Crippen molar-refractivity contribution in [2.75, 3.05) is 0 Å². The summed E-state index contributed by atoms with van der Waals surface area (Å²) >= 11 is 0. The van der Waals surface area contributed by atoms with Crippen LogP contribution in [0.2, 0.25) is 0 Å². The Morgan fingerprint density at radius 1 is 1.38 bits per heavy atom. The van der Waals surface area contributed by atoms with Crippen LogP contribution < -0.4 is 0 Å². The smallest absolute Gasteiger partial charge is 0.126 e. The molecule has 0 N–H and O–H groups in total. The molecule has 0 radical (unpaired) electrons. The standard InChI is InChI=1S/C12H22O/c1-4-12(9-13)7-5-11(6-8-12)10(2)3/h9-11H,4-8H2,1-3H3. The molecule has 0 amide bonds. The molecule has 0 aromatic rings. The first-order valence-electron chi connectivity index (χ1n) is 5.60. The molecule has 1 nitrogen and oxygen atoms in total. The molecule has 0 atom stereocenters. The summed E-state index contributed by atoms with van der Waals surface area (Å²) in [6, 6.07) is 0. The van der Waals surface area contributed by atoms with Crippen LogP contribution in [0.5, 0.6) is 0 Å². The van der Waals surface area contributed by atoms with Gasteiger partial charge in [0, 0.05) is 5.41 Å². The third-order valence-electron chi connectivity index (χ3n) is 3.92. The van der Waals surface area contributed by atoms with Crippen LogP contribution >= 0.6 is 0 Å². The zero-order valence-corrected chi connectivity index (χ0v) is 9.18. The summed E-state index contributed by atoms with van der Waals surface area (Å²) in [5.74, 6) is 1.65. The molecule has 1 fully saturated rings. The van der Waals surface area contributed by atoms with Gasteiger partial charge in [0.15, 0.2) is 0 Å². The van der Waals surface area contributed by atoms with E-state index in [1.165, 1.54) is 19.1 Å². The van der Waals surface area contributed by atoms with Crippen LogP contribution in [0.25, 0.3) is 0 Å². The van der Waals surface area contributed by atoms with E-state index in [9.17, 15) is 4.79 Å². The Labute approximate surface area is 81.9 Å². The largest absolute Gasteiger partial charge is 0.303 e. The monoisotopic (exact) mass is 182 g/mol. The predicted octanol–water partition coefficient (Wildman–Crippen LogP) is 3.43. The number of carbonyl (C=O) groups is 1. The van der Waals surface area contributed by atoms with Crippen molar-refractivity contribution in [3.8, 4) is 0 Å². The van der Waals surface area contributed by atoms with Crippen LogP contribution in [0.15, 0.2) is 0 Å². The fourth-order valence-corrected chi connectivity index (χ4v) is 2.44. The number of carbonyl (C=O) groups excluding carboxylic acids is 1. The number of aldehydes is 1. The molecule has 0 unspecified atom stereocenters. The molecule has 0 aromatic carbocycles. The Morgan fingerprint density at radius 3 is 2.23 bits per heavy atom. The van der Waals surface area contributed by atoms with Crippen molar-refractivity contribution < 1.29 is 4.79 Å². The van der Waals surface area contributed by atoms with Gasteiger partial charge in [0.05, 0.1) is 0 Å². The van der Waals surface area contributed by atoms with Gasteiger partial charge in [-0.15, -0.1) is 0 Å². The van der Waals surface area contributed by atoms with Crippen LogP contribution in [-0.2, 0) is 4.79 Å². The summed E-state index contributed by atoms with van der Waals surface area (Å²) in [6.07, 6.45) is 6.99. The van der Waals surface area contributed by atoms with E-state index in [1.54, 1.807) is 0 Å². The summed E-state index contributed by atoms with van der Waals surface area (Å²) in [5.41, 5.74) is 0.0470. The van der Waals surface area contributed by atoms with Crippen molar-refractivity contribution in [1.29, 1.82) is 0 Å². The highest BCUT2D eigenvalue weighted by atomic mass is 16.1. The quantitative estimate of drug-likeness (QED) is 0.611. The van der Waals surface area contributed by atoms with Crippen LogP contribution in [0.1, 0.15) is 52.9 Å². The number of hydrogen-bond donors (Lipinski definition) is 0. The van der Waals surface area contributed by atoms with Crippen LogP contribution in [0.4, 0.5) is 0 Å². The lowest BCUT2D eigenvalue weighted by atomic mass is 9.67. The van der Waals surface area contributed by atoms with Gasteiger partial charge in [-0.1, -0.05) is 20.8 Å². The lowest BCUT2D eigenvalue weighted by molar-refractivity contribution is -0.118. The Bertz CT molecular complexity index is 164. The SMILES string of the molecule is CCC1(C=O)CCC(C(C)C)CC1. The van der Waals surface area contributed by atoms with E-state index in [-0.39, 0.29) is 5.41 Å². The fourth-order valence-electron chi connectivity index (χ4n) is 2.44. The van der Waals surface area contributed by atoms with Crippen LogP contribution in [-0.4, -0.2) is 6.29 Å². The number of rotatable bonds is 3. The topological polar surface area (TPSA) is 17.1 Å². The minimum atomic E-state index is 0.0470. The molecule has 0 aromatic heterocycles. The van der Waals surface area contributed by atoms with E-state index in [0.717, 1.165) is 31.1 Å². The van der Waals surface area contributed by atoms with E-state index in [2.05, 4.69) is 20.8 Å². The lowest BCUT2D eigenvalue weighted by Crippen LogP contribution is -2.29. The van der Waals surface area contributed by atoms with Gasteiger partial charge in [-0.2, -0.15) is 0 Å². The highest BCUT2D eigenvalue weighted by Crippen LogP contribution is 2.41. The third kappa shape index (κ3) is 2.32. The van der Waals surface area contributed by atoms with E-state index in [4.69, 9.17) is 0 Å². The molecule has 1 aliphatic carbocycles. The second-order valence-electron chi connectivity index (χ2n) is 4.92. The van der Waals surface area contributed by atoms with Gasteiger partial charge < -0.3 is 4.79 Å². The van der Waals surface area contributed by atoms with Crippen molar-refractivity contribution >= 4 is 6.29 Å². The van der Waals surface area contributed by atoms with Crippen molar-refractivity contribution in [2.45, 2.75) is 52.9 Å². The molecule has 1 aliphatic rings. The molecule has 76 valence electrons. The average Bonchev–Trinajstić information content (AvgIpc) is 2.18. The maximum absolute atomic E-state index is 11.0. The minimum absolute atomic E-state index is 0.0470. The van der Waals surface area contributed by atoms with Crippen LogP contribution in [0.3, 0.4) is 0 Å². The summed E-state index contributed by atoms with van der Waals surface area (Å²) in [5, 5.41) is 0. The predicted molar refractivity (Wildman–Crippen MR) is 55.6 cm³/mol. The summed E-state index contributed by atoms with van der Waals surface area (Å²) in [4.78, 5) is 11.0. The summed E-state index contributed by atoms with van der Waals surface area (Å²) in [6.45, 7) is 6.74. The third-order valence-corrected chi connectivity index (χ3v) is 3.92. The van der Waals surface area contributed by atoms with Gasteiger partial charge in [-0.3, -0.25) is 0 Å². The molecular weight excluding hydrogens is 160 g/mol. The maximum atomic E-state index is 11.0. The molecule has 0 spiro atoms. The molecule has 0 heterocycles. The van der Waals surface area contributed by atoms with E-state index >= 15 is 0 Å². The lowest BCUT2D eigenvalue weighted by Gasteiger charge is -2.36. The first-order valence-corrected chi connectivity index (χ1v) is 5.60. The molecule has 0 bridgehead atoms. The van der Waals surface area contributed by atoms with Gasteiger partial charge in [0.25, 0.3) is 0 Å². The van der Waals surface area contributed by atoms with Gasteiger partial charge in [0.2, 0.25) is 0 Å². The van der Waals surface area contributed by atoms with Gasteiger partial charge >= 0.3 is 0 Å². The maximum Gasteiger partial charge on any atom is 0.126 e. The zero-order valence-electron chi connectivity index (χ0n) is 9.18. The molecular formula is C12H22O.